The number of nitrogens with zero attached hydrogens (tertiary/aromatic N) is 1. The smallest absolute Gasteiger partial charge is 0.151 e. The van der Waals surface area contributed by atoms with Crippen molar-refractivity contribution in [1.82, 2.24) is 4.98 Å². The first-order valence-corrected chi connectivity index (χ1v) is 5.34. The molecule has 0 unspecified atom stereocenters. The summed E-state index contributed by atoms with van der Waals surface area (Å²) in [5.74, 6) is 0.586. The Kier molecular flexibility index (Phi) is 5.92. The molecule has 0 aliphatic heterocycles. The van der Waals surface area contributed by atoms with E-state index in [1.807, 2.05) is 0 Å². The Balaban J connectivity index is 2.23. The van der Waals surface area contributed by atoms with E-state index in [9.17, 15) is 0 Å². The minimum absolute atomic E-state index is 0.414. The van der Waals surface area contributed by atoms with E-state index in [-0.39, 0.29) is 0 Å². The van der Waals surface area contributed by atoms with Crippen molar-refractivity contribution in [2.45, 2.75) is 0 Å². The Bertz CT molecular complexity index is 323. The molecule has 1 rings (SSSR count). The van der Waals surface area contributed by atoms with Crippen molar-refractivity contribution in [3.05, 3.63) is 17.3 Å². The average Bonchev–Trinajstić information content (AvgIpc) is 2.28. The molecule has 0 amide bonds. The van der Waals surface area contributed by atoms with Gasteiger partial charge in [0.15, 0.2) is 5.82 Å². The van der Waals surface area contributed by atoms with Crippen LogP contribution < -0.4 is 11.1 Å². The lowest BCUT2D eigenvalue weighted by atomic mass is 10.4. The van der Waals surface area contributed by atoms with Gasteiger partial charge in [-0.3, -0.25) is 0 Å². The molecule has 6 heteroatoms. The molecule has 16 heavy (non-hydrogen) atoms. The standard InChI is InChI=1S/C10H16ClN3O2/c1-15-6-7-16-5-4-13-10-8(12)2-3-9(11)14-10/h2-3H,4-7,12H2,1H3,(H,13,14). The van der Waals surface area contributed by atoms with Crippen LogP contribution in [0.1, 0.15) is 0 Å². The zero-order chi connectivity index (χ0) is 11.8. The van der Waals surface area contributed by atoms with Gasteiger partial charge in [-0.25, -0.2) is 4.98 Å². The van der Waals surface area contributed by atoms with Gasteiger partial charge in [0.05, 0.1) is 25.5 Å². The number of anilines is 2. The number of pyridine rings is 1. The predicted octanol–water partition coefficient (Wildman–Crippen LogP) is 1.39. The van der Waals surface area contributed by atoms with Crippen LogP contribution in [-0.4, -0.2) is 38.5 Å². The van der Waals surface area contributed by atoms with Crippen LogP contribution in [0.3, 0.4) is 0 Å². The number of nitrogens with two attached hydrogens (primary N) is 1. The fraction of sp³-hybridized carbons (Fsp3) is 0.500. The predicted molar refractivity (Wildman–Crippen MR) is 64.8 cm³/mol. The third-order valence-electron chi connectivity index (χ3n) is 1.86. The molecular weight excluding hydrogens is 230 g/mol. The van der Waals surface area contributed by atoms with E-state index in [1.54, 1.807) is 19.2 Å². The monoisotopic (exact) mass is 245 g/mol. The van der Waals surface area contributed by atoms with Gasteiger partial charge in [0, 0.05) is 13.7 Å². The summed E-state index contributed by atoms with van der Waals surface area (Å²) in [5, 5.41) is 3.46. The molecule has 1 heterocycles. The quantitative estimate of drug-likeness (QED) is 0.561. The maximum Gasteiger partial charge on any atom is 0.151 e. The van der Waals surface area contributed by atoms with Gasteiger partial charge in [0.2, 0.25) is 0 Å². The lowest BCUT2D eigenvalue weighted by molar-refractivity contribution is 0.0759. The van der Waals surface area contributed by atoms with Crippen molar-refractivity contribution in [3.63, 3.8) is 0 Å². The van der Waals surface area contributed by atoms with Gasteiger partial charge in [-0.15, -0.1) is 0 Å². The lowest BCUT2D eigenvalue weighted by Crippen LogP contribution is -2.13. The van der Waals surface area contributed by atoms with Crippen molar-refractivity contribution >= 4 is 23.1 Å². The molecule has 0 spiro atoms. The van der Waals surface area contributed by atoms with Crippen LogP contribution in [0, 0.1) is 0 Å². The van der Waals surface area contributed by atoms with Gasteiger partial charge >= 0.3 is 0 Å². The van der Waals surface area contributed by atoms with Crippen molar-refractivity contribution in [1.29, 1.82) is 0 Å². The van der Waals surface area contributed by atoms with Crippen molar-refractivity contribution in [2.24, 2.45) is 0 Å². The third kappa shape index (κ3) is 4.65. The first-order valence-electron chi connectivity index (χ1n) is 4.96. The highest BCUT2D eigenvalue weighted by Gasteiger charge is 2.00. The zero-order valence-corrected chi connectivity index (χ0v) is 9.96. The number of nitrogen functional groups attached to an aromatic ring is 1. The van der Waals surface area contributed by atoms with Crippen LogP contribution in [0.25, 0.3) is 0 Å². The van der Waals surface area contributed by atoms with Crippen LogP contribution >= 0.6 is 11.6 Å². The third-order valence-corrected chi connectivity index (χ3v) is 2.07. The first-order chi connectivity index (χ1) is 7.74. The molecule has 0 bridgehead atoms. The summed E-state index contributed by atoms with van der Waals surface area (Å²) in [4.78, 5) is 4.06. The van der Waals surface area contributed by atoms with E-state index in [1.165, 1.54) is 0 Å². The summed E-state index contributed by atoms with van der Waals surface area (Å²) in [7, 11) is 1.64. The SMILES string of the molecule is COCCOCCNc1nc(Cl)ccc1N. The molecule has 5 nitrogen and oxygen atoms in total. The summed E-state index contributed by atoms with van der Waals surface area (Å²) in [6.07, 6.45) is 0. The average molecular weight is 246 g/mol. The molecule has 1 aromatic rings. The minimum Gasteiger partial charge on any atom is -0.396 e. The Morgan fingerprint density at radius 3 is 2.94 bits per heavy atom. The molecule has 0 saturated heterocycles. The molecule has 0 radical (unpaired) electrons. The number of rotatable bonds is 7. The number of methoxy groups -OCH3 is 1. The number of hydrogen-bond donors (Lipinski definition) is 2. The summed E-state index contributed by atoms with van der Waals surface area (Å²) < 4.78 is 10.1. The van der Waals surface area contributed by atoms with Gasteiger partial charge in [-0.2, -0.15) is 0 Å². The Morgan fingerprint density at radius 1 is 1.38 bits per heavy atom. The number of hydrogen-bond acceptors (Lipinski definition) is 5. The summed E-state index contributed by atoms with van der Waals surface area (Å²) >= 11 is 5.74. The molecule has 0 aliphatic rings. The van der Waals surface area contributed by atoms with Crippen molar-refractivity contribution in [3.8, 4) is 0 Å². The highest BCUT2D eigenvalue weighted by atomic mass is 35.5. The molecule has 90 valence electrons. The summed E-state index contributed by atoms with van der Waals surface area (Å²) in [6.45, 7) is 2.37. The number of halogens is 1. The van der Waals surface area contributed by atoms with Gasteiger partial charge in [0.1, 0.15) is 5.15 Å². The van der Waals surface area contributed by atoms with Crippen molar-refractivity contribution in [2.75, 3.05) is 44.5 Å². The van der Waals surface area contributed by atoms with Gasteiger partial charge in [0.25, 0.3) is 0 Å². The normalized spacial score (nSPS) is 10.4. The van der Waals surface area contributed by atoms with E-state index >= 15 is 0 Å². The fourth-order valence-electron chi connectivity index (χ4n) is 1.07. The molecule has 1 aromatic heterocycles. The largest absolute Gasteiger partial charge is 0.396 e. The van der Waals surface area contributed by atoms with E-state index in [0.29, 0.717) is 43.0 Å². The number of ether oxygens (including phenoxy) is 2. The molecule has 0 aromatic carbocycles. The molecule has 0 atom stereocenters. The van der Waals surface area contributed by atoms with Crippen LogP contribution in [0.15, 0.2) is 12.1 Å². The first kappa shape index (κ1) is 13.0. The maximum atomic E-state index is 5.74. The molecule has 0 aliphatic carbocycles. The molecule has 0 fully saturated rings. The van der Waals surface area contributed by atoms with Crippen LogP contribution in [0.5, 0.6) is 0 Å². The Labute approximate surface area is 99.9 Å². The van der Waals surface area contributed by atoms with E-state index in [2.05, 4.69) is 10.3 Å². The summed E-state index contributed by atoms with van der Waals surface area (Å²) in [6, 6.07) is 3.36. The Morgan fingerprint density at radius 2 is 2.19 bits per heavy atom. The van der Waals surface area contributed by atoms with Crippen LogP contribution in [-0.2, 0) is 9.47 Å². The number of nitrogens with one attached hydrogen (secondary N) is 1. The second kappa shape index (κ2) is 7.27. The highest BCUT2D eigenvalue weighted by molar-refractivity contribution is 6.29. The second-order valence-corrected chi connectivity index (χ2v) is 3.49. The van der Waals surface area contributed by atoms with E-state index in [0.717, 1.165) is 0 Å². The van der Waals surface area contributed by atoms with E-state index in [4.69, 9.17) is 26.8 Å². The zero-order valence-electron chi connectivity index (χ0n) is 9.20. The molecule has 3 N–H and O–H groups in total. The Hall–Kier alpha value is -1.04. The van der Waals surface area contributed by atoms with Crippen LogP contribution in [0.2, 0.25) is 5.15 Å². The number of aromatic nitrogens is 1. The molecule has 0 saturated carbocycles. The highest BCUT2D eigenvalue weighted by Crippen LogP contribution is 2.17. The van der Waals surface area contributed by atoms with E-state index < -0.39 is 0 Å². The lowest BCUT2D eigenvalue weighted by Gasteiger charge is -2.08. The minimum atomic E-state index is 0.414. The topological polar surface area (TPSA) is 69.4 Å². The van der Waals surface area contributed by atoms with Crippen molar-refractivity contribution < 1.29 is 9.47 Å². The second-order valence-electron chi connectivity index (χ2n) is 3.10. The van der Waals surface area contributed by atoms with Gasteiger partial charge in [-0.1, -0.05) is 11.6 Å². The van der Waals surface area contributed by atoms with Gasteiger partial charge in [-0.05, 0) is 12.1 Å². The molecular formula is C10H16ClN3O2. The fourth-order valence-corrected chi connectivity index (χ4v) is 1.22. The van der Waals surface area contributed by atoms with Gasteiger partial charge < -0.3 is 20.5 Å². The summed E-state index contributed by atoms with van der Waals surface area (Å²) in [5.41, 5.74) is 6.28. The van der Waals surface area contributed by atoms with Crippen LogP contribution in [0.4, 0.5) is 11.5 Å². The maximum absolute atomic E-state index is 5.74.